The standard InChI is InChI=1S/C23H24N2O5/c1-16(2)17-7-6-10-19(13-17)29-15-22(26)24-25-23(27)21-12-11-20(30-21)14-28-18-8-4-3-5-9-18/h3-13,16H,14-15H2,1-2H3,(H,24,26)(H,25,27). The van der Waals surface area contributed by atoms with E-state index in [4.69, 9.17) is 13.9 Å². The minimum absolute atomic E-state index is 0.0625. The van der Waals surface area contributed by atoms with Crippen LogP contribution in [-0.4, -0.2) is 18.4 Å². The molecule has 2 amide bonds. The maximum absolute atomic E-state index is 12.1. The molecule has 3 aromatic rings. The summed E-state index contributed by atoms with van der Waals surface area (Å²) in [5, 5.41) is 0. The summed E-state index contributed by atoms with van der Waals surface area (Å²) in [4.78, 5) is 24.1. The number of carbonyl (C=O) groups is 2. The van der Waals surface area contributed by atoms with Gasteiger partial charge in [0.15, 0.2) is 12.4 Å². The van der Waals surface area contributed by atoms with E-state index in [0.717, 1.165) is 5.56 Å². The Labute approximate surface area is 175 Å². The molecule has 1 aromatic heterocycles. The lowest BCUT2D eigenvalue weighted by Gasteiger charge is -2.10. The summed E-state index contributed by atoms with van der Waals surface area (Å²) in [5.74, 6) is 1.14. The Morgan fingerprint density at radius 2 is 1.67 bits per heavy atom. The van der Waals surface area contributed by atoms with Crippen molar-refractivity contribution in [3.05, 3.63) is 83.8 Å². The van der Waals surface area contributed by atoms with Crippen LogP contribution in [0.15, 0.2) is 71.1 Å². The van der Waals surface area contributed by atoms with E-state index in [9.17, 15) is 9.59 Å². The van der Waals surface area contributed by atoms with Crippen LogP contribution in [0.4, 0.5) is 0 Å². The van der Waals surface area contributed by atoms with Crippen molar-refractivity contribution in [2.24, 2.45) is 0 Å². The average molecular weight is 408 g/mol. The molecule has 7 heteroatoms. The van der Waals surface area contributed by atoms with E-state index < -0.39 is 11.8 Å². The Morgan fingerprint density at radius 3 is 2.43 bits per heavy atom. The molecule has 0 aliphatic carbocycles. The minimum Gasteiger partial charge on any atom is -0.486 e. The van der Waals surface area contributed by atoms with Gasteiger partial charge in [0.05, 0.1) is 0 Å². The van der Waals surface area contributed by atoms with Crippen LogP contribution in [0.1, 0.15) is 41.6 Å². The molecule has 2 aromatic carbocycles. The molecule has 0 fully saturated rings. The van der Waals surface area contributed by atoms with Crippen molar-refractivity contribution < 1.29 is 23.5 Å². The second-order valence-corrected chi connectivity index (χ2v) is 6.89. The second kappa shape index (κ2) is 10.2. The Bertz CT molecular complexity index is 982. The van der Waals surface area contributed by atoms with Gasteiger partial charge in [-0.2, -0.15) is 0 Å². The first kappa shape index (κ1) is 21.0. The lowest BCUT2D eigenvalue weighted by Crippen LogP contribution is -2.43. The van der Waals surface area contributed by atoms with Crippen LogP contribution in [0.3, 0.4) is 0 Å². The second-order valence-electron chi connectivity index (χ2n) is 6.89. The van der Waals surface area contributed by atoms with Gasteiger partial charge >= 0.3 is 5.91 Å². The van der Waals surface area contributed by atoms with Gasteiger partial charge in [0, 0.05) is 0 Å². The van der Waals surface area contributed by atoms with E-state index in [1.54, 1.807) is 12.1 Å². The van der Waals surface area contributed by atoms with Crippen molar-refractivity contribution in [2.45, 2.75) is 26.4 Å². The number of ether oxygens (including phenoxy) is 2. The van der Waals surface area contributed by atoms with Crippen LogP contribution in [0.5, 0.6) is 11.5 Å². The highest BCUT2D eigenvalue weighted by Crippen LogP contribution is 2.20. The van der Waals surface area contributed by atoms with Crippen LogP contribution in [0.25, 0.3) is 0 Å². The van der Waals surface area contributed by atoms with Gasteiger partial charge < -0.3 is 13.9 Å². The van der Waals surface area contributed by atoms with Crippen LogP contribution < -0.4 is 20.3 Å². The number of hydrogen-bond donors (Lipinski definition) is 2. The first-order chi connectivity index (χ1) is 14.5. The maximum atomic E-state index is 12.1. The normalized spacial score (nSPS) is 10.5. The zero-order valence-electron chi connectivity index (χ0n) is 16.9. The topological polar surface area (TPSA) is 89.8 Å². The Morgan fingerprint density at radius 1 is 0.900 bits per heavy atom. The fourth-order valence-corrected chi connectivity index (χ4v) is 2.59. The van der Waals surface area contributed by atoms with Crippen LogP contribution >= 0.6 is 0 Å². The van der Waals surface area contributed by atoms with Gasteiger partial charge in [-0.25, -0.2) is 0 Å². The summed E-state index contributed by atoms with van der Waals surface area (Å²) in [7, 11) is 0. The van der Waals surface area contributed by atoms with Gasteiger partial charge in [-0.1, -0.05) is 44.2 Å². The first-order valence-corrected chi connectivity index (χ1v) is 9.60. The van der Waals surface area contributed by atoms with E-state index in [2.05, 4.69) is 24.7 Å². The van der Waals surface area contributed by atoms with Gasteiger partial charge in [-0.05, 0) is 47.9 Å². The number of benzene rings is 2. The van der Waals surface area contributed by atoms with Crippen LogP contribution in [-0.2, 0) is 11.4 Å². The van der Waals surface area contributed by atoms with Crippen molar-refractivity contribution in [3.63, 3.8) is 0 Å². The molecule has 0 radical (unpaired) electrons. The molecular weight excluding hydrogens is 384 g/mol. The van der Waals surface area contributed by atoms with Crippen molar-refractivity contribution in [1.82, 2.24) is 10.9 Å². The maximum Gasteiger partial charge on any atom is 0.305 e. The molecule has 156 valence electrons. The fourth-order valence-electron chi connectivity index (χ4n) is 2.59. The van der Waals surface area contributed by atoms with E-state index in [1.807, 2.05) is 48.5 Å². The molecule has 0 saturated heterocycles. The highest BCUT2D eigenvalue weighted by Gasteiger charge is 2.13. The number of furan rings is 1. The van der Waals surface area contributed by atoms with Gasteiger partial charge in [-0.15, -0.1) is 0 Å². The quantitative estimate of drug-likeness (QED) is 0.553. The van der Waals surface area contributed by atoms with Gasteiger partial charge in [0.1, 0.15) is 23.9 Å². The van der Waals surface area contributed by atoms with E-state index in [0.29, 0.717) is 23.2 Å². The number of para-hydroxylation sites is 1. The molecule has 2 N–H and O–H groups in total. The summed E-state index contributed by atoms with van der Waals surface area (Å²) < 4.78 is 16.5. The van der Waals surface area contributed by atoms with E-state index >= 15 is 0 Å². The number of carbonyl (C=O) groups excluding carboxylic acids is 2. The SMILES string of the molecule is CC(C)c1cccc(OCC(=O)NNC(=O)c2ccc(COc3ccccc3)o2)c1. The third-order valence-electron chi connectivity index (χ3n) is 4.22. The fraction of sp³-hybridized carbons (Fsp3) is 0.217. The monoisotopic (exact) mass is 408 g/mol. The van der Waals surface area contributed by atoms with Gasteiger partial charge in [0.2, 0.25) is 0 Å². The summed E-state index contributed by atoms with van der Waals surface area (Å²) in [5.41, 5.74) is 5.72. The number of hydrogen-bond acceptors (Lipinski definition) is 5. The molecule has 30 heavy (non-hydrogen) atoms. The zero-order valence-corrected chi connectivity index (χ0v) is 16.9. The molecule has 7 nitrogen and oxygen atoms in total. The number of rotatable bonds is 8. The molecule has 1 heterocycles. The molecule has 0 bridgehead atoms. The number of amides is 2. The third-order valence-corrected chi connectivity index (χ3v) is 4.22. The first-order valence-electron chi connectivity index (χ1n) is 9.60. The molecule has 0 saturated carbocycles. The predicted octanol–water partition coefficient (Wildman–Crippen LogP) is 3.82. The summed E-state index contributed by atoms with van der Waals surface area (Å²) >= 11 is 0. The van der Waals surface area contributed by atoms with Crippen molar-refractivity contribution in [3.8, 4) is 11.5 Å². The van der Waals surface area contributed by atoms with E-state index in [1.165, 1.54) is 6.07 Å². The predicted molar refractivity (Wildman–Crippen MR) is 111 cm³/mol. The lowest BCUT2D eigenvalue weighted by molar-refractivity contribution is -0.123. The summed E-state index contributed by atoms with van der Waals surface area (Å²) in [6, 6.07) is 20.0. The molecule has 0 aliphatic heterocycles. The molecule has 0 spiro atoms. The minimum atomic E-state index is -0.573. The molecule has 0 unspecified atom stereocenters. The van der Waals surface area contributed by atoms with Crippen LogP contribution in [0, 0.1) is 0 Å². The number of hydrazine groups is 1. The Kier molecular flexibility index (Phi) is 7.10. The molecular formula is C23H24N2O5. The lowest BCUT2D eigenvalue weighted by atomic mass is 10.0. The number of nitrogens with one attached hydrogen (secondary N) is 2. The van der Waals surface area contributed by atoms with E-state index in [-0.39, 0.29) is 19.0 Å². The average Bonchev–Trinajstić information content (AvgIpc) is 3.25. The Balaban J connectivity index is 1.42. The van der Waals surface area contributed by atoms with Gasteiger partial charge in [-0.3, -0.25) is 20.4 Å². The highest BCUT2D eigenvalue weighted by molar-refractivity contribution is 5.93. The van der Waals surface area contributed by atoms with Crippen LogP contribution in [0.2, 0.25) is 0 Å². The van der Waals surface area contributed by atoms with Crippen molar-refractivity contribution in [1.29, 1.82) is 0 Å². The highest BCUT2D eigenvalue weighted by atomic mass is 16.5. The Hall–Kier alpha value is -3.74. The van der Waals surface area contributed by atoms with Gasteiger partial charge in [0.25, 0.3) is 5.91 Å². The smallest absolute Gasteiger partial charge is 0.305 e. The summed E-state index contributed by atoms with van der Waals surface area (Å²) in [6.07, 6.45) is 0. The third kappa shape index (κ3) is 6.13. The summed E-state index contributed by atoms with van der Waals surface area (Å²) in [6.45, 7) is 4.12. The van der Waals surface area contributed by atoms with Crippen molar-refractivity contribution in [2.75, 3.05) is 6.61 Å². The zero-order chi connectivity index (χ0) is 21.3. The van der Waals surface area contributed by atoms with Crippen molar-refractivity contribution >= 4 is 11.8 Å². The molecule has 0 atom stereocenters. The molecule has 0 aliphatic rings. The molecule has 3 rings (SSSR count). The largest absolute Gasteiger partial charge is 0.486 e.